The molecule has 0 radical (unpaired) electrons. The van der Waals surface area contributed by atoms with Crippen molar-refractivity contribution in [3.8, 4) is 5.75 Å². The number of urea groups is 1. The molecule has 2 N–H and O–H groups in total. The molecule has 1 heterocycles. The molecule has 22 heavy (non-hydrogen) atoms. The zero-order valence-corrected chi connectivity index (χ0v) is 13.0. The van der Waals surface area contributed by atoms with Crippen molar-refractivity contribution in [3.05, 3.63) is 47.4 Å². The molecule has 0 bridgehead atoms. The van der Waals surface area contributed by atoms with Crippen molar-refractivity contribution in [2.24, 2.45) is 0 Å². The molecule has 0 aliphatic carbocycles. The Bertz CT molecular complexity index is 616. The third-order valence-electron chi connectivity index (χ3n) is 2.94. The third kappa shape index (κ3) is 3.93. The standard InChI is InChI=1S/C15H17ClN2O4/c1-20-9-12(13-7-4-8-22-13)18-15(19)17-11-6-3-5-10(16)14(11)21-2/h3-8,12H,9H2,1-2H3,(H2,17,18,19)/t12-/m1/s1. The number of ether oxygens (including phenoxy) is 2. The van der Waals surface area contributed by atoms with Crippen LogP contribution in [-0.4, -0.2) is 26.9 Å². The summed E-state index contributed by atoms with van der Waals surface area (Å²) in [4.78, 5) is 12.2. The summed E-state index contributed by atoms with van der Waals surface area (Å²) in [5, 5.41) is 5.89. The third-order valence-corrected chi connectivity index (χ3v) is 3.24. The summed E-state index contributed by atoms with van der Waals surface area (Å²) in [6, 6.07) is 7.80. The van der Waals surface area contributed by atoms with Crippen LogP contribution in [0.25, 0.3) is 0 Å². The average molecular weight is 325 g/mol. The number of carbonyl (C=O) groups is 1. The van der Waals surface area contributed by atoms with E-state index in [1.54, 1.807) is 37.4 Å². The average Bonchev–Trinajstić information content (AvgIpc) is 3.01. The molecule has 0 saturated carbocycles. The molecule has 1 aromatic heterocycles. The maximum atomic E-state index is 12.2. The van der Waals surface area contributed by atoms with Crippen molar-refractivity contribution in [3.63, 3.8) is 0 Å². The summed E-state index contributed by atoms with van der Waals surface area (Å²) in [5.41, 5.74) is 0.475. The van der Waals surface area contributed by atoms with Crippen LogP contribution in [0.5, 0.6) is 5.75 Å². The van der Waals surface area contributed by atoms with Gasteiger partial charge in [0.15, 0.2) is 5.75 Å². The molecular weight excluding hydrogens is 308 g/mol. The van der Waals surface area contributed by atoms with Gasteiger partial charge >= 0.3 is 6.03 Å². The first kappa shape index (κ1) is 16.2. The first-order chi connectivity index (χ1) is 10.7. The highest BCUT2D eigenvalue weighted by Gasteiger charge is 2.18. The number of benzene rings is 1. The second-order valence-electron chi connectivity index (χ2n) is 4.44. The molecule has 0 saturated heterocycles. The van der Waals surface area contributed by atoms with Gasteiger partial charge in [-0.15, -0.1) is 0 Å². The van der Waals surface area contributed by atoms with Gasteiger partial charge in [-0.05, 0) is 24.3 Å². The van der Waals surface area contributed by atoms with Crippen molar-refractivity contribution >= 4 is 23.3 Å². The minimum Gasteiger partial charge on any atom is -0.493 e. The van der Waals surface area contributed by atoms with Gasteiger partial charge in [-0.2, -0.15) is 0 Å². The highest BCUT2D eigenvalue weighted by Crippen LogP contribution is 2.32. The van der Waals surface area contributed by atoms with Crippen LogP contribution in [0.2, 0.25) is 5.02 Å². The zero-order valence-electron chi connectivity index (χ0n) is 12.3. The Labute approximate surface area is 133 Å². The van der Waals surface area contributed by atoms with Crippen LogP contribution in [0.15, 0.2) is 41.0 Å². The van der Waals surface area contributed by atoms with Gasteiger partial charge in [-0.3, -0.25) is 0 Å². The molecule has 0 spiro atoms. The van der Waals surface area contributed by atoms with Crippen molar-refractivity contribution < 1.29 is 18.7 Å². The normalized spacial score (nSPS) is 11.8. The number of carbonyl (C=O) groups excluding carboxylic acids is 1. The van der Waals surface area contributed by atoms with Gasteiger partial charge in [0, 0.05) is 7.11 Å². The number of amides is 2. The lowest BCUT2D eigenvalue weighted by molar-refractivity contribution is 0.159. The molecular formula is C15H17ClN2O4. The topological polar surface area (TPSA) is 72.7 Å². The monoisotopic (exact) mass is 324 g/mol. The Balaban J connectivity index is 2.07. The van der Waals surface area contributed by atoms with E-state index in [0.29, 0.717) is 22.2 Å². The van der Waals surface area contributed by atoms with Gasteiger partial charge in [0.05, 0.1) is 30.7 Å². The van der Waals surface area contributed by atoms with Crippen LogP contribution in [-0.2, 0) is 4.74 Å². The van der Waals surface area contributed by atoms with E-state index in [-0.39, 0.29) is 6.61 Å². The zero-order chi connectivity index (χ0) is 15.9. The maximum Gasteiger partial charge on any atom is 0.320 e. The van der Waals surface area contributed by atoms with E-state index in [9.17, 15) is 4.79 Å². The molecule has 0 aliphatic heterocycles. The van der Waals surface area contributed by atoms with Crippen molar-refractivity contribution in [1.82, 2.24) is 5.32 Å². The predicted octanol–water partition coefficient (Wildman–Crippen LogP) is 3.45. The second kappa shape index (κ2) is 7.72. The van der Waals surface area contributed by atoms with Gasteiger partial charge in [0.2, 0.25) is 0 Å². The smallest absolute Gasteiger partial charge is 0.320 e. The van der Waals surface area contributed by atoms with Crippen LogP contribution in [0.1, 0.15) is 11.8 Å². The molecule has 2 aromatic rings. The van der Waals surface area contributed by atoms with Crippen molar-refractivity contribution in [1.29, 1.82) is 0 Å². The Morgan fingerprint density at radius 1 is 1.32 bits per heavy atom. The molecule has 6 nitrogen and oxygen atoms in total. The first-order valence-corrected chi connectivity index (χ1v) is 6.96. The Hall–Kier alpha value is -2.18. The summed E-state index contributed by atoms with van der Waals surface area (Å²) in [7, 11) is 3.04. The summed E-state index contributed by atoms with van der Waals surface area (Å²) in [5.74, 6) is 1.01. The maximum absolute atomic E-state index is 12.2. The van der Waals surface area contributed by atoms with Gasteiger partial charge in [-0.1, -0.05) is 17.7 Å². The number of hydrogen-bond acceptors (Lipinski definition) is 4. The molecule has 1 aromatic carbocycles. The number of rotatable bonds is 6. The lowest BCUT2D eigenvalue weighted by atomic mass is 10.2. The Kier molecular flexibility index (Phi) is 5.68. The number of anilines is 1. The van der Waals surface area contributed by atoms with Gasteiger partial charge in [0.1, 0.15) is 11.8 Å². The molecule has 1 atom stereocenters. The first-order valence-electron chi connectivity index (χ1n) is 6.58. The van der Waals surface area contributed by atoms with Gasteiger partial charge in [-0.25, -0.2) is 4.79 Å². The van der Waals surface area contributed by atoms with Crippen LogP contribution in [0, 0.1) is 0 Å². The fraction of sp³-hybridized carbons (Fsp3) is 0.267. The van der Waals surface area contributed by atoms with E-state index in [2.05, 4.69) is 10.6 Å². The molecule has 0 unspecified atom stereocenters. The molecule has 0 fully saturated rings. The second-order valence-corrected chi connectivity index (χ2v) is 4.85. The summed E-state index contributed by atoms with van der Waals surface area (Å²) < 4.78 is 15.6. The Morgan fingerprint density at radius 3 is 2.77 bits per heavy atom. The van der Waals surface area contributed by atoms with Crippen LogP contribution < -0.4 is 15.4 Å². The number of para-hydroxylation sites is 1. The molecule has 2 amide bonds. The van der Waals surface area contributed by atoms with E-state index in [1.807, 2.05) is 0 Å². The molecule has 0 aliphatic rings. The van der Waals surface area contributed by atoms with E-state index < -0.39 is 12.1 Å². The minimum absolute atomic E-state index is 0.285. The predicted molar refractivity (Wildman–Crippen MR) is 83.5 cm³/mol. The van der Waals surface area contributed by atoms with E-state index in [0.717, 1.165) is 0 Å². The number of furan rings is 1. The fourth-order valence-electron chi connectivity index (χ4n) is 1.98. The number of nitrogens with one attached hydrogen (secondary N) is 2. The van der Waals surface area contributed by atoms with E-state index >= 15 is 0 Å². The van der Waals surface area contributed by atoms with Crippen LogP contribution >= 0.6 is 11.6 Å². The van der Waals surface area contributed by atoms with Crippen molar-refractivity contribution in [2.45, 2.75) is 6.04 Å². The molecule has 2 rings (SSSR count). The minimum atomic E-state index is -0.418. The van der Waals surface area contributed by atoms with Gasteiger partial charge in [0.25, 0.3) is 0 Å². The summed E-state index contributed by atoms with van der Waals surface area (Å²) in [6.07, 6.45) is 1.54. The number of methoxy groups -OCH3 is 2. The quantitative estimate of drug-likeness (QED) is 0.853. The molecule has 7 heteroatoms. The SMILES string of the molecule is COC[C@@H](NC(=O)Nc1cccc(Cl)c1OC)c1ccco1. The lowest BCUT2D eigenvalue weighted by Gasteiger charge is -2.17. The lowest BCUT2D eigenvalue weighted by Crippen LogP contribution is -2.34. The van der Waals surface area contributed by atoms with Crippen LogP contribution in [0.4, 0.5) is 10.5 Å². The van der Waals surface area contributed by atoms with E-state index in [1.165, 1.54) is 13.4 Å². The van der Waals surface area contributed by atoms with E-state index in [4.69, 9.17) is 25.5 Å². The Morgan fingerprint density at radius 2 is 2.14 bits per heavy atom. The highest BCUT2D eigenvalue weighted by molar-refractivity contribution is 6.32. The number of halogens is 1. The fourth-order valence-corrected chi connectivity index (χ4v) is 2.23. The molecule has 118 valence electrons. The number of hydrogen-bond donors (Lipinski definition) is 2. The largest absolute Gasteiger partial charge is 0.493 e. The summed E-state index contributed by atoms with van der Waals surface area (Å²) in [6.45, 7) is 0.285. The summed E-state index contributed by atoms with van der Waals surface area (Å²) >= 11 is 6.02. The highest BCUT2D eigenvalue weighted by atomic mass is 35.5. The van der Waals surface area contributed by atoms with Gasteiger partial charge < -0.3 is 24.5 Å². The van der Waals surface area contributed by atoms with Crippen LogP contribution in [0.3, 0.4) is 0 Å². The van der Waals surface area contributed by atoms with Crippen molar-refractivity contribution in [2.75, 3.05) is 26.1 Å².